The number of carbonyl (C=O) groups excluding carboxylic acids is 1. The third-order valence-corrected chi connectivity index (χ3v) is 3.37. The number of amides is 2. The zero-order chi connectivity index (χ0) is 14.2. The molecule has 9 heteroatoms. The number of alkyl halides is 1. The predicted octanol–water partition coefficient (Wildman–Crippen LogP) is -1.89. The van der Waals surface area contributed by atoms with E-state index in [1.54, 1.807) is 0 Å². The largest absolute Gasteiger partial charge is 0.394 e. The Balaban J connectivity index is 2.20. The van der Waals surface area contributed by atoms with Gasteiger partial charge >= 0.3 is 6.03 Å². The molecule has 8 nitrogen and oxygen atoms in total. The summed E-state index contributed by atoms with van der Waals surface area (Å²) in [6.45, 7) is -0.567. The van der Waals surface area contributed by atoms with Crippen LogP contribution in [-0.4, -0.2) is 77.0 Å². The molecule has 0 aromatic heterocycles. The molecule has 0 saturated carbocycles. The van der Waals surface area contributed by atoms with Crippen LogP contribution in [0.1, 0.15) is 6.42 Å². The van der Waals surface area contributed by atoms with Crippen LogP contribution in [0.4, 0.5) is 9.18 Å². The normalized spacial score (nSPS) is 43.4. The minimum absolute atomic E-state index is 0.0393. The van der Waals surface area contributed by atoms with Crippen LogP contribution in [0, 0.1) is 0 Å². The first-order valence-electron chi connectivity index (χ1n) is 5.87. The molecular weight excluding hydrogens is 263 g/mol. The van der Waals surface area contributed by atoms with Crippen molar-refractivity contribution in [2.24, 2.45) is 0 Å². The average molecular weight is 280 g/mol. The summed E-state index contributed by atoms with van der Waals surface area (Å²) in [5.41, 5.74) is 0. The first-order chi connectivity index (χ1) is 8.93. The standard InChI is InChI=1S/C10H17FN2O6/c1-18-10(11)7(16)5(4-14)19-8(10)13-3-2-6(15)12-9(13)17/h5-8,14-16H,2-4H2,1H3,(H,12,17)/t5-,6?,7-,8-,10-/m1/s1. The fraction of sp³-hybridized carbons (Fsp3) is 0.900. The molecule has 0 aromatic rings. The lowest BCUT2D eigenvalue weighted by Crippen LogP contribution is -2.61. The number of rotatable bonds is 3. The van der Waals surface area contributed by atoms with Crippen LogP contribution in [0.15, 0.2) is 0 Å². The summed E-state index contributed by atoms with van der Waals surface area (Å²) >= 11 is 0. The number of carbonyl (C=O) groups is 1. The Morgan fingerprint density at radius 2 is 2.32 bits per heavy atom. The molecule has 0 aliphatic carbocycles. The lowest BCUT2D eigenvalue weighted by atomic mass is 10.1. The topological polar surface area (TPSA) is 111 Å². The third-order valence-electron chi connectivity index (χ3n) is 3.37. The SMILES string of the molecule is CO[C@]1(F)[C@H](O)[C@@H](CO)O[C@H]1N1CCC(O)NC1=O. The van der Waals surface area contributed by atoms with E-state index in [1.165, 1.54) is 0 Å². The third kappa shape index (κ3) is 2.28. The van der Waals surface area contributed by atoms with Crippen molar-refractivity contribution in [1.82, 2.24) is 10.2 Å². The van der Waals surface area contributed by atoms with Crippen LogP contribution in [0.5, 0.6) is 0 Å². The van der Waals surface area contributed by atoms with E-state index in [0.29, 0.717) is 0 Å². The van der Waals surface area contributed by atoms with Gasteiger partial charge < -0.3 is 30.1 Å². The molecule has 2 aliphatic rings. The zero-order valence-electron chi connectivity index (χ0n) is 10.3. The molecule has 19 heavy (non-hydrogen) atoms. The van der Waals surface area contributed by atoms with Crippen LogP contribution in [-0.2, 0) is 9.47 Å². The van der Waals surface area contributed by atoms with Gasteiger partial charge in [0.05, 0.1) is 6.61 Å². The maximum absolute atomic E-state index is 14.6. The second-order valence-corrected chi connectivity index (χ2v) is 4.50. The molecule has 0 aromatic carbocycles. The van der Waals surface area contributed by atoms with Gasteiger partial charge in [-0.25, -0.2) is 9.18 Å². The van der Waals surface area contributed by atoms with Crippen LogP contribution in [0.3, 0.4) is 0 Å². The Kier molecular flexibility index (Phi) is 3.92. The summed E-state index contributed by atoms with van der Waals surface area (Å²) in [6, 6.07) is -0.728. The fourth-order valence-corrected chi connectivity index (χ4v) is 2.27. The van der Waals surface area contributed by atoms with Crippen molar-refractivity contribution in [2.45, 2.75) is 36.9 Å². The number of aliphatic hydroxyl groups is 3. The molecule has 5 atom stereocenters. The van der Waals surface area contributed by atoms with Crippen molar-refractivity contribution in [3.8, 4) is 0 Å². The summed E-state index contributed by atoms with van der Waals surface area (Å²) in [5, 5.41) is 30.3. The lowest BCUT2D eigenvalue weighted by Gasteiger charge is -2.38. The van der Waals surface area contributed by atoms with Crippen molar-refractivity contribution in [3.05, 3.63) is 0 Å². The number of nitrogens with one attached hydrogen (secondary N) is 1. The van der Waals surface area contributed by atoms with E-state index in [0.717, 1.165) is 12.0 Å². The van der Waals surface area contributed by atoms with Gasteiger partial charge in [-0.3, -0.25) is 4.90 Å². The number of methoxy groups -OCH3 is 1. The monoisotopic (exact) mass is 280 g/mol. The number of aliphatic hydroxyl groups excluding tert-OH is 3. The molecule has 0 bridgehead atoms. The van der Waals surface area contributed by atoms with E-state index >= 15 is 0 Å². The van der Waals surface area contributed by atoms with E-state index in [9.17, 15) is 19.4 Å². The molecule has 1 unspecified atom stereocenters. The molecule has 2 heterocycles. The van der Waals surface area contributed by atoms with Gasteiger partial charge in [-0.15, -0.1) is 0 Å². The van der Waals surface area contributed by atoms with Gasteiger partial charge in [0, 0.05) is 20.1 Å². The quantitative estimate of drug-likeness (QED) is 0.481. The van der Waals surface area contributed by atoms with Gasteiger partial charge in [0.1, 0.15) is 18.4 Å². The number of urea groups is 1. The van der Waals surface area contributed by atoms with Crippen molar-refractivity contribution in [2.75, 3.05) is 20.3 Å². The van der Waals surface area contributed by atoms with Crippen molar-refractivity contribution in [3.63, 3.8) is 0 Å². The van der Waals surface area contributed by atoms with E-state index in [-0.39, 0.29) is 13.0 Å². The maximum atomic E-state index is 14.6. The highest BCUT2D eigenvalue weighted by molar-refractivity contribution is 5.75. The van der Waals surface area contributed by atoms with Crippen molar-refractivity contribution < 1.29 is 34.0 Å². The Bertz CT molecular complexity index is 359. The minimum Gasteiger partial charge on any atom is -0.394 e. The van der Waals surface area contributed by atoms with Crippen LogP contribution >= 0.6 is 0 Å². The summed E-state index contributed by atoms with van der Waals surface area (Å²) in [7, 11) is 1.04. The predicted molar refractivity (Wildman–Crippen MR) is 58.5 cm³/mol. The second kappa shape index (κ2) is 5.17. The highest BCUT2D eigenvalue weighted by atomic mass is 19.2. The Morgan fingerprint density at radius 3 is 2.84 bits per heavy atom. The molecule has 0 spiro atoms. The minimum atomic E-state index is -2.63. The maximum Gasteiger partial charge on any atom is 0.321 e. The van der Waals surface area contributed by atoms with E-state index in [4.69, 9.17) is 9.84 Å². The smallest absolute Gasteiger partial charge is 0.321 e. The van der Waals surface area contributed by atoms with E-state index in [1.807, 2.05) is 0 Å². The number of hydrogen-bond acceptors (Lipinski definition) is 6. The summed E-state index contributed by atoms with van der Waals surface area (Å²) < 4.78 is 24.4. The molecule has 2 rings (SSSR count). The molecule has 2 fully saturated rings. The average Bonchev–Trinajstić information content (AvgIpc) is 2.63. The lowest BCUT2D eigenvalue weighted by molar-refractivity contribution is -0.224. The summed E-state index contributed by atoms with van der Waals surface area (Å²) in [5.74, 6) is -2.63. The Morgan fingerprint density at radius 1 is 1.63 bits per heavy atom. The Labute approximate surface area is 108 Å². The number of hydrogen-bond donors (Lipinski definition) is 4. The molecule has 2 amide bonds. The fourth-order valence-electron chi connectivity index (χ4n) is 2.27. The van der Waals surface area contributed by atoms with Gasteiger partial charge in [0.25, 0.3) is 5.85 Å². The summed E-state index contributed by atoms with van der Waals surface area (Å²) in [6.07, 6.45) is -5.20. The zero-order valence-corrected chi connectivity index (χ0v) is 10.3. The summed E-state index contributed by atoms with van der Waals surface area (Å²) in [4.78, 5) is 12.7. The van der Waals surface area contributed by atoms with Crippen molar-refractivity contribution >= 4 is 6.03 Å². The molecule has 2 saturated heterocycles. The van der Waals surface area contributed by atoms with E-state index in [2.05, 4.69) is 10.1 Å². The van der Waals surface area contributed by atoms with Gasteiger partial charge in [0.2, 0.25) is 0 Å². The molecule has 110 valence electrons. The van der Waals surface area contributed by atoms with Gasteiger partial charge in [-0.05, 0) is 0 Å². The molecule has 2 aliphatic heterocycles. The first-order valence-corrected chi connectivity index (χ1v) is 5.87. The first kappa shape index (κ1) is 14.4. The molecular formula is C10H17FN2O6. The van der Waals surface area contributed by atoms with Gasteiger partial charge in [-0.2, -0.15) is 0 Å². The number of nitrogens with zero attached hydrogens (tertiary/aromatic N) is 1. The van der Waals surface area contributed by atoms with Crippen LogP contribution in [0.2, 0.25) is 0 Å². The van der Waals surface area contributed by atoms with Crippen LogP contribution in [0.25, 0.3) is 0 Å². The van der Waals surface area contributed by atoms with Gasteiger partial charge in [-0.1, -0.05) is 0 Å². The van der Waals surface area contributed by atoms with Gasteiger partial charge in [0.15, 0.2) is 6.23 Å². The number of halogens is 1. The van der Waals surface area contributed by atoms with Crippen LogP contribution < -0.4 is 5.32 Å². The van der Waals surface area contributed by atoms with Crippen molar-refractivity contribution in [1.29, 1.82) is 0 Å². The molecule has 0 radical (unpaired) electrons. The Hall–Kier alpha value is -1.00. The number of ether oxygens (including phenoxy) is 2. The highest BCUT2D eigenvalue weighted by Crippen LogP contribution is 2.37. The van der Waals surface area contributed by atoms with E-state index < -0.39 is 43.2 Å². The molecule has 4 N–H and O–H groups in total. The second-order valence-electron chi connectivity index (χ2n) is 4.50. The highest BCUT2D eigenvalue weighted by Gasteiger charge is 2.61.